The summed E-state index contributed by atoms with van der Waals surface area (Å²) in [6.07, 6.45) is 2.38. The molecule has 7 heteroatoms. The van der Waals surface area contributed by atoms with Gasteiger partial charge in [0, 0.05) is 0 Å². The number of halogens is 2. The second-order valence-electron chi connectivity index (χ2n) is 7.62. The fourth-order valence-electron chi connectivity index (χ4n) is 4.99. The molecule has 20 heavy (non-hydrogen) atoms. The quantitative estimate of drug-likeness (QED) is 0.106. The van der Waals surface area contributed by atoms with Crippen LogP contribution < -0.4 is 32.1 Å². The van der Waals surface area contributed by atoms with E-state index in [9.17, 15) is 4.79 Å². The van der Waals surface area contributed by atoms with Gasteiger partial charge in [-0.05, 0) is 0 Å². The molecule has 5 nitrogen and oxygen atoms in total. The van der Waals surface area contributed by atoms with Crippen molar-refractivity contribution in [2.45, 2.75) is 53.4 Å². The van der Waals surface area contributed by atoms with Crippen molar-refractivity contribution in [2.75, 3.05) is 0 Å². The van der Waals surface area contributed by atoms with Crippen LogP contribution in [0.3, 0.4) is 0 Å². The van der Waals surface area contributed by atoms with E-state index in [1.54, 1.807) is 0 Å². The van der Waals surface area contributed by atoms with Gasteiger partial charge in [0.15, 0.2) is 0 Å². The molecular formula is C13H20I2N3O2-. The summed E-state index contributed by atoms with van der Waals surface area (Å²) >= 11 is -1.33. The second kappa shape index (κ2) is 3.20. The first-order valence-electron chi connectivity index (χ1n) is 7.15. The normalized spacial score (nSPS) is 57.0. The van der Waals surface area contributed by atoms with Gasteiger partial charge in [-0.1, -0.05) is 0 Å². The zero-order valence-corrected chi connectivity index (χ0v) is 16.4. The Labute approximate surface area is 137 Å². The Morgan fingerprint density at radius 3 is 2.25 bits per heavy atom. The number of alkyl halides is 2. The van der Waals surface area contributed by atoms with E-state index in [0.29, 0.717) is 11.3 Å². The van der Waals surface area contributed by atoms with E-state index >= 15 is 0 Å². The topological polar surface area (TPSA) is 92.1 Å². The Morgan fingerprint density at radius 1 is 1.30 bits per heavy atom. The van der Waals surface area contributed by atoms with Crippen LogP contribution in [0.25, 0.3) is 0 Å². The molecule has 3 saturated heterocycles. The van der Waals surface area contributed by atoms with E-state index in [0.717, 1.165) is 0 Å². The average Bonchev–Trinajstić information content (AvgIpc) is 3.20. The molecular weight excluding hydrogens is 484 g/mol. The molecule has 6 aliphatic rings. The molecule has 0 radical (unpaired) electrons. The van der Waals surface area contributed by atoms with Gasteiger partial charge >= 0.3 is 138 Å². The zero-order chi connectivity index (χ0) is 14.2. The van der Waals surface area contributed by atoms with Crippen molar-refractivity contribution in [3.05, 3.63) is 0 Å². The molecule has 3 aliphatic heterocycles. The summed E-state index contributed by atoms with van der Waals surface area (Å²) < 4.78 is 16.3. The third-order valence-corrected chi connectivity index (χ3v) is 15.5. The van der Waals surface area contributed by atoms with Gasteiger partial charge in [-0.3, -0.25) is 0 Å². The fraction of sp³-hybridized carbons (Fsp3) is 0.923. The Hall–Kier alpha value is 0.810. The number of esters is 1. The van der Waals surface area contributed by atoms with Gasteiger partial charge in [0.1, 0.15) is 0 Å². The van der Waals surface area contributed by atoms with Crippen LogP contribution in [0, 0.1) is 16.7 Å². The molecule has 6 rings (SSSR count). The van der Waals surface area contributed by atoms with Crippen LogP contribution >= 0.6 is 20.4 Å². The van der Waals surface area contributed by atoms with Gasteiger partial charge in [0.2, 0.25) is 0 Å². The van der Waals surface area contributed by atoms with Gasteiger partial charge in [-0.2, -0.15) is 0 Å². The first kappa shape index (κ1) is 13.3. The van der Waals surface area contributed by atoms with E-state index in [1.807, 2.05) is 0 Å². The van der Waals surface area contributed by atoms with E-state index in [2.05, 4.69) is 38.3 Å². The predicted octanol–water partition coefficient (Wildman–Crippen LogP) is -1.76. The molecule has 2 bridgehead atoms. The number of carbonyl (C=O) groups excluding carboxylic acids is 1. The molecule has 0 aromatic carbocycles. The molecule has 0 aromatic heterocycles. The van der Waals surface area contributed by atoms with Gasteiger partial charge in [0.05, 0.1) is 0 Å². The summed E-state index contributed by atoms with van der Waals surface area (Å²) in [6.45, 7) is 9.17. The van der Waals surface area contributed by atoms with Crippen molar-refractivity contribution in [2.24, 2.45) is 16.7 Å². The van der Waals surface area contributed by atoms with Crippen molar-refractivity contribution in [1.82, 2.24) is 10.6 Å². The monoisotopic (exact) mass is 504 g/mol. The second-order valence-corrected chi connectivity index (χ2v) is 14.6. The standard InChI is InChI=1S/C13H20I2N3O2/c1-9(2)7-5-6-10(9,3)11(7,4)20-8(19)12(14-16-12)13-15(17-13)18-13/h7,16-18H,5-6H2,1-4H3/q-1. The summed E-state index contributed by atoms with van der Waals surface area (Å²) in [5, 5.41) is 0. The van der Waals surface area contributed by atoms with Gasteiger partial charge in [-0.15, -0.1) is 0 Å². The SMILES string of the molecule is CC1(C)C2CCC1(C)C2(C)OC(=O)C1(C23NI2N3)N[I-]1. The average molecular weight is 504 g/mol. The molecule has 0 spiro atoms. The van der Waals surface area contributed by atoms with E-state index in [-0.39, 0.29) is 45.7 Å². The van der Waals surface area contributed by atoms with Crippen molar-refractivity contribution < 1.29 is 31.0 Å². The number of carbonyl (C=O) groups is 1. The number of hydrogen-bond donors (Lipinski definition) is 3. The molecule has 3 N–H and O–H groups in total. The molecule has 4 unspecified atom stereocenters. The van der Waals surface area contributed by atoms with Gasteiger partial charge in [-0.25, -0.2) is 0 Å². The summed E-state index contributed by atoms with van der Waals surface area (Å²) in [4.78, 5) is 12.8. The van der Waals surface area contributed by atoms with Crippen LogP contribution in [0.5, 0.6) is 0 Å². The third-order valence-electron chi connectivity index (χ3n) is 6.99. The number of ether oxygens (including phenoxy) is 1. The van der Waals surface area contributed by atoms with Crippen LogP contribution in [0.2, 0.25) is 0 Å². The number of rotatable bonds is 3. The zero-order valence-electron chi connectivity index (χ0n) is 12.1. The third kappa shape index (κ3) is 1.10. The minimum absolute atomic E-state index is 0.0247. The van der Waals surface area contributed by atoms with Crippen molar-refractivity contribution in [3.63, 3.8) is 0 Å². The molecule has 3 aliphatic carbocycles. The number of hydrogen-bond acceptors (Lipinski definition) is 5. The Kier molecular flexibility index (Phi) is 2.12. The van der Waals surface area contributed by atoms with Gasteiger partial charge < -0.3 is 0 Å². The Balaban J connectivity index is 1.42. The molecule has 6 fully saturated rings. The summed E-state index contributed by atoms with van der Waals surface area (Å²) in [6, 6.07) is 0. The molecule has 3 heterocycles. The molecule has 4 atom stereocenters. The Morgan fingerprint density at radius 2 is 1.90 bits per heavy atom. The van der Waals surface area contributed by atoms with Crippen molar-refractivity contribution >= 4 is 26.3 Å². The minimum atomic E-state index is -1.09. The molecule has 0 amide bonds. The van der Waals surface area contributed by atoms with Crippen LogP contribution in [-0.4, -0.2) is 18.8 Å². The number of fused-ring (bicyclic) bond motifs is 2. The van der Waals surface area contributed by atoms with E-state index < -0.39 is 20.4 Å². The van der Waals surface area contributed by atoms with Crippen LogP contribution in [0.15, 0.2) is 0 Å². The van der Waals surface area contributed by atoms with Crippen LogP contribution in [0.4, 0.5) is 0 Å². The number of nitrogens with one attached hydrogen (secondary N) is 3. The molecule has 114 valence electrons. The first-order valence-corrected chi connectivity index (χ1v) is 12.5. The van der Waals surface area contributed by atoms with Gasteiger partial charge in [0.25, 0.3) is 0 Å². The van der Waals surface area contributed by atoms with Crippen molar-refractivity contribution in [3.8, 4) is 0 Å². The maximum atomic E-state index is 12.8. The van der Waals surface area contributed by atoms with Crippen LogP contribution in [0.1, 0.15) is 40.5 Å². The Bertz CT molecular complexity index is 558. The van der Waals surface area contributed by atoms with E-state index in [4.69, 9.17) is 4.74 Å². The van der Waals surface area contributed by atoms with Crippen molar-refractivity contribution in [1.29, 1.82) is 0 Å². The maximum absolute atomic E-state index is 12.8. The summed E-state index contributed by atoms with van der Waals surface area (Å²) in [5.74, 6) is 0.545. The fourth-order valence-corrected chi connectivity index (χ4v) is 15.0. The predicted molar refractivity (Wildman–Crippen MR) is 78.0 cm³/mol. The first-order chi connectivity index (χ1) is 9.24. The molecule has 0 aromatic rings. The summed E-state index contributed by atoms with van der Waals surface area (Å²) in [5.41, 5.74) is 0.181. The summed E-state index contributed by atoms with van der Waals surface area (Å²) in [7, 11) is 0. The van der Waals surface area contributed by atoms with Crippen LogP contribution in [-0.2, 0) is 9.53 Å². The van der Waals surface area contributed by atoms with E-state index in [1.165, 1.54) is 12.8 Å². The molecule has 3 saturated carbocycles.